The number of halogens is 1. The highest BCUT2D eigenvalue weighted by molar-refractivity contribution is 6.30. The number of carbonyl (C=O) groups excluding carboxylic acids is 1. The predicted octanol–water partition coefficient (Wildman–Crippen LogP) is 2.29. The summed E-state index contributed by atoms with van der Waals surface area (Å²) in [4.78, 5) is 27.0. The summed E-state index contributed by atoms with van der Waals surface area (Å²) in [6, 6.07) is 6.47. The Morgan fingerprint density at radius 3 is 2.65 bits per heavy atom. The average Bonchev–Trinajstić information content (AvgIpc) is 3.18. The third kappa shape index (κ3) is 3.34. The van der Waals surface area contributed by atoms with Crippen molar-refractivity contribution in [2.75, 3.05) is 0 Å². The van der Waals surface area contributed by atoms with Gasteiger partial charge in [0.1, 0.15) is 0 Å². The molecule has 0 saturated heterocycles. The molecule has 1 aromatic heterocycles. The summed E-state index contributed by atoms with van der Waals surface area (Å²) in [6.07, 6.45) is 0.371. The smallest absolute Gasteiger partial charge is 0.307 e. The Kier molecular flexibility index (Phi) is 4.04. The Morgan fingerprint density at radius 1 is 1.35 bits per heavy atom. The maximum absolute atomic E-state index is 11.9. The number of amides is 1. The number of aromatic nitrogens is 2. The van der Waals surface area contributed by atoms with Gasteiger partial charge >= 0.3 is 5.97 Å². The molecule has 8 heteroatoms. The van der Waals surface area contributed by atoms with Crippen LogP contribution in [0.2, 0.25) is 5.02 Å². The first-order valence-corrected chi connectivity index (χ1v) is 7.46. The Hall–Kier alpha value is -2.41. The summed E-state index contributed by atoms with van der Waals surface area (Å²) in [5, 5.41) is 16.0. The minimum Gasteiger partial charge on any atom is -0.481 e. The van der Waals surface area contributed by atoms with Crippen LogP contribution in [0.15, 0.2) is 28.8 Å². The number of carbonyl (C=O) groups is 2. The molecule has 120 valence electrons. The molecule has 23 heavy (non-hydrogen) atoms. The van der Waals surface area contributed by atoms with E-state index in [1.807, 2.05) is 0 Å². The third-order valence-electron chi connectivity index (χ3n) is 3.72. The van der Waals surface area contributed by atoms with Gasteiger partial charge in [-0.3, -0.25) is 9.59 Å². The van der Waals surface area contributed by atoms with Crippen LogP contribution >= 0.6 is 11.6 Å². The number of nitrogens with zero attached hydrogens (tertiary/aromatic N) is 2. The summed E-state index contributed by atoms with van der Waals surface area (Å²) in [7, 11) is 0. The fourth-order valence-electron chi connectivity index (χ4n) is 2.26. The van der Waals surface area contributed by atoms with Crippen molar-refractivity contribution >= 4 is 23.5 Å². The van der Waals surface area contributed by atoms with Crippen LogP contribution in [-0.4, -0.2) is 27.1 Å². The molecule has 1 aliphatic carbocycles. The van der Waals surface area contributed by atoms with E-state index in [2.05, 4.69) is 15.5 Å². The van der Waals surface area contributed by atoms with E-state index >= 15 is 0 Å². The van der Waals surface area contributed by atoms with Crippen molar-refractivity contribution in [3.63, 3.8) is 0 Å². The van der Waals surface area contributed by atoms with Crippen molar-refractivity contribution in [3.8, 4) is 11.5 Å². The minimum atomic E-state index is -0.942. The lowest BCUT2D eigenvalue weighted by molar-refractivity contribution is -0.140. The van der Waals surface area contributed by atoms with Gasteiger partial charge in [0.05, 0.1) is 17.9 Å². The van der Waals surface area contributed by atoms with Crippen LogP contribution in [0.1, 0.15) is 25.2 Å². The molecule has 1 heterocycles. The summed E-state index contributed by atoms with van der Waals surface area (Å²) < 4.78 is 5.18. The molecule has 1 aliphatic rings. The van der Waals surface area contributed by atoms with Crippen LogP contribution < -0.4 is 5.32 Å². The lowest BCUT2D eigenvalue weighted by Gasteiger charge is -2.09. The highest BCUT2D eigenvalue weighted by Crippen LogP contribution is 2.39. The number of rotatable bonds is 5. The van der Waals surface area contributed by atoms with Gasteiger partial charge in [0.25, 0.3) is 5.89 Å². The maximum atomic E-state index is 11.9. The monoisotopic (exact) mass is 335 g/mol. The van der Waals surface area contributed by atoms with E-state index in [1.165, 1.54) is 0 Å². The van der Waals surface area contributed by atoms with Crippen LogP contribution in [0.5, 0.6) is 0 Å². The molecule has 0 aliphatic heterocycles. The molecule has 0 bridgehead atoms. The molecule has 3 atom stereocenters. The van der Waals surface area contributed by atoms with Gasteiger partial charge in [-0.2, -0.15) is 4.98 Å². The molecule has 1 fully saturated rings. The van der Waals surface area contributed by atoms with Gasteiger partial charge in [-0.15, -0.1) is 0 Å². The van der Waals surface area contributed by atoms with E-state index in [-0.39, 0.29) is 5.91 Å². The topological polar surface area (TPSA) is 105 Å². The number of nitrogens with one attached hydrogen (secondary N) is 1. The molecule has 1 saturated carbocycles. The average molecular weight is 336 g/mol. The highest BCUT2D eigenvalue weighted by atomic mass is 35.5. The molecule has 3 rings (SSSR count). The normalized spacial score (nSPS) is 20.8. The van der Waals surface area contributed by atoms with Crippen molar-refractivity contribution in [2.45, 2.75) is 19.4 Å². The van der Waals surface area contributed by atoms with E-state index in [0.29, 0.717) is 23.2 Å². The molecule has 0 radical (unpaired) electrons. The Balaban J connectivity index is 1.64. The Bertz CT molecular complexity index is 743. The van der Waals surface area contributed by atoms with E-state index < -0.39 is 23.8 Å². The first-order valence-electron chi connectivity index (χ1n) is 7.08. The van der Waals surface area contributed by atoms with Gasteiger partial charge in [0.2, 0.25) is 5.91 Å². The molecule has 2 N–H and O–H groups in total. The summed E-state index contributed by atoms with van der Waals surface area (Å²) in [5.74, 6) is -1.65. The maximum Gasteiger partial charge on any atom is 0.307 e. The lowest BCUT2D eigenvalue weighted by atomic mass is 10.2. The SMILES string of the molecule is CC(NC(=O)C1CC1C(=O)O)c1noc(-c2ccc(Cl)cc2)n1. The molecule has 3 unspecified atom stereocenters. The fraction of sp³-hybridized carbons (Fsp3) is 0.333. The number of hydrogen-bond donors (Lipinski definition) is 2. The van der Waals surface area contributed by atoms with Crippen LogP contribution in [0.3, 0.4) is 0 Å². The first-order chi connectivity index (χ1) is 11.0. The van der Waals surface area contributed by atoms with Gasteiger partial charge in [0, 0.05) is 10.6 Å². The zero-order valence-corrected chi connectivity index (χ0v) is 12.9. The molecular formula is C15H14ClN3O4. The van der Waals surface area contributed by atoms with Crippen molar-refractivity contribution in [2.24, 2.45) is 11.8 Å². The Morgan fingerprint density at radius 2 is 2.04 bits per heavy atom. The van der Waals surface area contributed by atoms with E-state index in [9.17, 15) is 9.59 Å². The van der Waals surface area contributed by atoms with Crippen molar-refractivity contribution in [1.29, 1.82) is 0 Å². The van der Waals surface area contributed by atoms with Gasteiger partial charge in [-0.1, -0.05) is 16.8 Å². The molecule has 7 nitrogen and oxygen atoms in total. The number of hydrogen-bond acceptors (Lipinski definition) is 5. The van der Waals surface area contributed by atoms with E-state index in [1.54, 1.807) is 31.2 Å². The second kappa shape index (κ2) is 6.00. The zero-order chi connectivity index (χ0) is 16.6. The van der Waals surface area contributed by atoms with Crippen LogP contribution in [0.25, 0.3) is 11.5 Å². The summed E-state index contributed by atoms with van der Waals surface area (Å²) >= 11 is 5.83. The third-order valence-corrected chi connectivity index (χ3v) is 3.98. The number of carboxylic acid groups (broad SMARTS) is 1. The van der Waals surface area contributed by atoms with Gasteiger partial charge in [-0.05, 0) is 37.6 Å². The number of benzene rings is 1. The molecule has 1 aromatic carbocycles. The van der Waals surface area contributed by atoms with Crippen molar-refractivity contribution < 1.29 is 19.2 Å². The molecule has 2 aromatic rings. The number of aliphatic carboxylic acids is 1. The van der Waals surface area contributed by atoms with Gasteiger partial charge < -0.3 is 14.9 Å². The minimum absolute atomic E-state index is 0.303. The quantitative estimate of drug-likeness (QED) is 0.868. The van der Waals surface area contributed by atoms with E-state index in [4.69, 9.17) is 21.2 Å². The highest BCUT2D eigenvalue weighted by Gasteiger charge is 2.48. The van der Waals surface area contributed by atoms with Gasteiger partial charge in [0.15, 0.2) is 5.82 Å². The lowest BCUT2D eigenvalue weighted by Crippen LogP contribution is -2.29. The molecule has 1 amide bonds. The molecular weight excluding hydrogens is 322 g/mol. The van der Waals surface area contributed by atoms with Crippen molar-refractivity contribution in [1.82, 2.24) is 15.5 Å². The van der Waals surface area contributed by atoms with E-state index in [0.717, 1.165) is 5.56 Å². The van der Waals surface area contributed by atoms with Crippen molar-refractivity contribution in [3.05, 3.63) is 35.1 Å². The predicted molar refractivity (Wildman–Crippen MR) is 80.5 cm³/mol. The molecule has 0 spiro atoms. The summed E-state index contributed by atoms with van der Waals surface area (Å²) in [6.45, 7) is 1.71. The number of carboxylic acids is 1. The van der Waals surface area contributed by atoms with Crippen LogP contribution in [-0.2, 0) is 9.59 Å². The van der Waals surface area contributed by atoms with Gasteiger partial charge in [-0.25, -0.2) is 0 Å². The second-order valence-corrected chi connectivity index (χ2v) is 5.92. The summed E-state index contributed by atoms with van der Waals surface area (Å²) in [5.41, 5.74) is 0.722. The van der Waals surface area contributed by atoms with Crippen LogP contribution in [0.4, 0.5) is 0 Å². The fourth-order valence-corrected chi connectivity index (χ4v) is 2.39. The Labute approximate surface area is 136 Å². The van der Waals surface area contributed by atoms with Crippen LogP contribution in [0, 0.1) is 11.8 Å². The second-order valence-electron chi connectivity index (χ2n) is 5.48. The standard InChI is InChI=1S/C15H14ClN3O4/c1-7(17-13(20)10-6-11(10)15(21)22)12-18-14(23-19-12)8-2-4-9(16)5-3-8/h2-5,7,10-11H,6H2,1H3,(H,17,20)(H,21,22). The zero-order valence-electron chi connectivity index (χ0n) is 12.2. The largest absolute Gasteiger partial charge is 0.481 e. The first kappa shape index (κ1) is 15.5.